The second kappa shape index (κ2) is 8.58. The minimum absolute atomic E-state index is 0.292. The molecule has 0 saturated carbocycles. The van der Waals surface area contributed by atoms with Gasteiger partial charge in [-0.05, 0) is 36.2 Å². The summed E-state index contributed by atoms with van der Waals surface area (Å²) in [5, 5.41) is 2.72. The van der Waals surface area contributed by atoms with E-state index in [4.69, 9.17) is 9.47 Å². The molecule has 2 aromatic carbocycles. The van der Waals surface area contributed by atoms with Crippen molar-refractivity contribution in [3.05, 3.63) is 65.7 Å². The molecule has 0 radical (unpaired) electrons. The maximum absolute atomic E-state index is 11.8. The van der Waals surface area contributed by atoms with Gasteiger partial charge in [-0.2, -0.15) is 0 Å². The highest BCUT2D eigenvalue weighted by Gasteiger charge is 2.10. The van der Waals surface area contributed by atoms with Gasteiger partial charge in [-0.15, -0.1) is 0 Å². The van der Waals surface area contributed by atoms with Gasteiger partial charge < -0.3 is 14.8 Å². The third-order valence-corrected chi connectivity index (χ3v) is 3.24. The van der Waals surface area contributed by atoms with Crippen LogP contribution in [0.5, 0.6) is 5.75 Å². The Hall–Kier alpha value is -2.82. The molecule has 1 amide bonds. The van der Waals surface area contributed by atoms with Gasteiger partial charge in [0.25, 0.3) is 5.91 Å². The zero-order valence-corrected chi connectivity index (χ0v) is 13.0. The molecule has 0 aliphatic rings. The normalized spacial score (nSPS) is 9.96. The molecule has 0 heterocycles. The molecule has 0 unspecified atom stereocenters. The van der Waals surface area contributed by atoms with E-state index in [0.717, 1.165) is 12.0 Å². The molecule has 2 rings (SSSR count). The van der Waals surface area contributed by atoms with Gasteiger partial charge in [-0.1, -0.05) is 30.3 Å². The highest BCUT2D eigenvalue weighted by Crippen LogP contribution is 2.11. The molecule has 0 aromatic heterocycles. The number of ether oxygens (including phenoxy) is 2. The molecular weight excluding hydrogens is 294 g/mol. The fourth-order valence-electron chi connectivity index (χ4n) is 1.98. The van der Waals surface area contributed by atoms with Crippen molar-refractivity contribution < 1.29 is 19.1 Å². The fourth-order valence-corrected chi connectivity index (χ4v) is 1.98. The van der Waals surface area contributed by atoms with Crippen LogP contribution in [0.3, 0.4) is 0 Å². The molecular formula is C18H19NO4. The van der Waals surface area contributed by atoms with Crippen LogP contribution in [0.25, 0.3) is 0 Å². The Morgan fingerprint density at radius 1 is 1.00 bits per heavy atom. The van der Waals surface area contributed by atoms with Crippen LogP contribution in [-0.2, 0) is 16.0 Å². The standard InChI is InChI=1S/C18H19NO4/c1-22-16-9-7-15(8-10-16)18(21)23-13-17(20)19-12-11-14-5-3-2-4-6-14/h2-10H,11-13H2,1H3,(H,19,20). The van der Waals surface area contributed by atoms with Crippen LogP contribution >= 0.6 is 0 Å². The summed E-state index contributed by atoms with van der Waals surface area (Å²) in [4.78, 5) is 23.5. The largest absolute Gasteiger partial charge is 0.497 e. The van der Waals surface area contributed by atoms with Gasteiger partial charge >= 0.3 is 5.97 Å². The number of esters is 1. The molecule has 120 valence electrons. The van der Waals surface area contributed by atoms with Crippen LogP contribution in [0.2, 0.25) is 0 Å². The van der Waals surface area contributed by atoms with Crippen LogP contribution in [0.15, 0.2) is 54.6 Å². The summed E-state index contributed by atoms with van der Waals surface area (Å²) in [5.41, 5.74) is 1.52. The number of hydrogen-bond donors (Lipinski definition) is 1. The third kappa shape index (κ3) is 5.47. The van der Waals surface area contributed by atoms with Gasteiger partial charge in [-0.25, -0.2) is 4.79 Å². The summed E-state index contributed by atoms with van der Waals surface area (Å²) in [6, 6.07) is 16.4. The minimum atomic E-state index is -0.536. The van der Waals surface area contributed by atoms with E-state index in [2.05, 4.69) is 5.32 Å². The number of rotatable bonds is 7. The van der Waals surface area contributed by atoms with Crippen LogP contribution in [-0.4, -0.2) is 32.1 Å². The Balaban J connectivity index is 1.70. The zero-order valence-electron chi connectivity index (χ0n) is 13.0. The summed E-state index contributed by atoms with van der Waals surface area (Å²) in [6.45, 7) is 0.211. The van der Waals surface area contributed by atoms with Crippen LogP contribution < -0.4 is 10.1 Å². The third-order valence-electron chi connectivity index (χ3n) is 3.24. The smallest absolute Gasteiger partial charge is 0.338 e. The molecule has 0 bridgehead atoms. The molecule has 5 heteroatoms. The first-order chi connectivity index (χ1) is 11.2. The lowest BCUT2D eigenvalue weighted by molar-refractivity contribution is -0.124. The van der Waals surface area contributed by atoms with Crippen molar-refractivity contribution in [3.63, 3.8) is 0 Å². The number of nitrogens with one attached hydrogen (secondary N) is 1. The monoisotopic (exact) mass is 313 g/mol. The Morgan fingerprint density at radius 3 is 2.35 bits per heavy atom. The lowest BCUT2D eigenvalue weighted by Gasteiger charge is -2.07. The highest BCUT2D eigenvalue weighted by molar-refractivity contribution is 5.91. The molecule has 0 saturated heterocycles. The maximum atomic E-state index is 11.8. The van der Waals surface area contributed by atoms with E-state index >= 15 is 0 Å². The number of hydrogen-bond acceptors (Lipinski definition) is 4. The molecule has 0 aliphatic carbocycles. The number of amides is 1. The molecule has 5 nitrogen and oxygen atoms in total. The average molecular weight is 313 g/mol. The number of methoxy groups -OCH3 is 1. The number of benzene rings is 2. The van der Waals surface area contributed by atoms with E-state index in [-0.39, 0.29) is 12.5 Å². The summed E-state index contributed by atoms with van der Waals surface area (Å²) in [6.07, 6.45) is 0.735. The van der Waals surface area contributed by atoms with E-state index in [9.17, 15) is 9.59 Å². The Labute approximate surface area is 135 Å². The molecule has 23 heavy (non-hydrogen) atoms. The second-order valence-electron chi connectivity index (χ2n) is 4.89. The first-order valence-electron chi connectivity index (χ1n) is 7.31. The van der Waals surface area contributed by atoms with E-state index in [1.807, 2.05) is 30.3 Å². The fraction of sp³-hybridized carbons (Fsp3) is 0.222. The van der Waals surface area contributed by atoms with E-state index in [1.54, 1.807) is 31.4 Å². The van der Waals surface area contributed by atoms with Crippen molar-refractivity contribution in [1.29, 1.82) is 0 Å². The quantitative estimate of drug-likeness (QED) is 0.796. The van der Waals surface area contributed by atoms with Crippen molar-refractivity contribution >= 4 is 11.9 Å². The van der Waals surface area contributed by atoms with Crippen LogP contribution in [0.4, 0.5) is 0 Å². The zero-order chi connectivity index (χ0) is 16.5. The highest BCUT2D eigenvalue weighted by atomic mass is 16.5. The molecule has 2 aromatic rings. The number of carbonyl (C=O) groups is 2. The molecule has 0 fully saturated rings. The number of carbonyl (C=O) groups excluding carboxylic acids is 2. The maximum Gasteiger partial charge on any atom is 0.338 e. The van der Waals surface area contributed by atoms with Crippen molar-refractivity contribution in [1.82, 2.24) is 5.32 Å². The first kappa shape index (κ1) is 16.5. The van der Waals surface area contributed by atoms with E-state index in [0.29, 0.717) is 17.9 Å². The van der Waals surface area contributed by atoms with Gasteiger partial charge in [0, 0.05) is 6.54 Å². The van der Waals surface area contributed by atoms with Gasteiger partial charge in [0.2, 0.25) is 0 Å². The summed E-state index contributed by atoms with van der Waals surface area (Å²) >= 11 is 0. The van der Waals surface area contributed by atoms with Gasteiger partial charge in [0.1, 0.15) is 5.75 Å². The Morgan fingerprint density at radius 2 is 1.70 bits per heavy atom. The molecule has 1 N–H and O–H groups in total. The Bertz CT molecular complexity index is 638. The first-order valence-corrected chi connectivity index (χ1v) is 7.31. The minimum Gasteiger partial charge on any atom is -0.497 e. The Kier molecular flexibility index (Phi) is 6.17. The summed E-state index contributed by atoms with van der Waals surface area (Å²) < 4.78 is 9.99. The van der Waals surface area contributed by atoms with E-state index < -0.39 is 5.97 Å². The topological polar surface area (TPSA) is 64.6 Å². The molecule has 0 atom stereocenters. The van der Waals surface area contributed by atoms with Crippen molar-refractivity contribution in [3.8, 4) is 5.75 Å². The van der Waals surface area contributed by atoms with Crippen molar-refractivity contribution in [2.45, 2.75) is 6.42 Å². The molecule has 0 spiro atoms. The summed E-state index contributed by atoms with van der Waals surface area (Å²) in [7, 11) is 1.55. The van der Waals surface area contributed by atoms with Gasteiger partial charge in [-0.3, -0.25) is 4.79 Å². The lowest BCUT2D eigenvalue weighted by Crippen LogP contribution is -2.30. The van der Waals surface area contributed by atoms with Gasteiger partial charge in [0.05, 0.1) is 12.7 Å². The SMILES string of the molecule is COc1ccc(C(=O)OCC(=O)NCCc2ccccc2)cc1. The van der Waals surface area contributed by atoms with Crippen LogP contribution in [0.1, 0.15) is 15.9 Å². The predicted molar refractivity (Wildman–Crippen MR) is 86.4 cm³/mol. The van der Waals surface area contributed by atoms with Crippen molar-refractivity contribution in [2.75, 3.05) is 20.3 Å². The van der Waals surface area contributed by atoms with E-state index in [1.165, 1.54) is 0 Å². The summed E-state index contributed by atoms with van der Waals surface area (Å²) in [5.74, 6) is -0.200. The second-order valence-corrected chi connectivity index (χ2v) is 4.89. The van der Waals surface area contributed by atoms with Gasteiger partial charge in [0.15, 0.2) is 6.61 Å². The average Bonchev–Trinajstić information content (AvgIpc) is 2.60. The predicted octanol–water partition coefficient (Wildman–Crippen LogP) is 2.21. The lowest BCUT2D eigenvalue weighted by atomic mass is 10.1. The molecule has 0 aliphatic heterocycles. The van der Waals surface area contributed by atoms with Crippen LogP contribution in [0, 0.1) is 0 Å². The van der Waals surface area contributed by atoms with Crippen molar-refractivity contribution in [2.24, 2.45) is 0 Å².